The van der Waals surface area contributed by atoms with E-state index in [1.807, 2.05) is 13.8 Å². The van der Waals surface area contributed by atoms with E-state index in [0.29, 0.717) is 6.61 Å². The van der Waals surface area contributed by atoms with E-state index < -0.39 is 6.10 Å². The number of hydrogen-bond acceptors (Lipinski definition) is 3. The zero-order valence-electron chi connectivity index (χ0n) is 7.28. The van der Waals surface area contributed by atoms with Crippen LogP contribution in [0.25, 0.3) is 0 Å². The third-order valence-corrected chi connectivity index (χ3v) is 2.43. The summed E-state index contributed by atoms with van der Waals surface area (Å²) in [7, 11) is 1.65. The molecule has 66 valence electrons. The lowest BCUT2D eigenvalue weighted by Crippen LogP contribution is -2.47. The van der Waals surface area contributed by atoms with Crippen molar-refractivity contribution in [2.75, 3.05) is 13.7 Å². The van der Waals surface area contributed by atoms with Crippen molar-refractivity contribution < 1.29 is 14.6 Å². The van der Waals surface area contributed by atoms with Crippen LogP contribution in [-0.4, -0.2) is 37.1 Å². The lowest BCUT2D eigenvalue weighted by atomic mass is 9.92. The van der Waals surface area contributed by atoms with Crippen LogP contribution in [0.4, 0.5) is 0 Å². The van der Waals surface area contributed by atoms with Gasteiger partial charge in [0.1, 0.15) is 0 Å². The number of methoxy groups -OCH3 is 1. The molecule has 1 saturated heterocycles. The normalized spacial score (nSPS) is 45.8. The van der Waals surface area contributed by atoms with Crippen LogP contribution >= 0.6 is 0 Å². The number of aliphatic hydroxyl groups is 1. The maximum atomic E-state index is 9.54. The molecule has 4 atom stereocenters. The van der Waals surface area contributed by atoms with E-state index in [9.17, 15) is 5.11 Å². The molecule has 1 fully saturated rings. The van der Waals surface area contributed by atoms with Crippen LogP contribution in [0.5, 0.6) is 0 Å². The standard InChI is InChI=1S/C8H16O3/c1-5-7(10-3)4-11-6(2)8(5)9/h5-9H,4H2,1-3H3/t5-,6-,7+,8+/m0/s1. The van der Waals surface area contributed by atoms with Crippen molar-refractivity contribution in [2.24, 2.45) is 5.92 Å². The fraction of sp³-hybridized carbons (Fsp3) is 1.00. The second-order valence-corrected chi connectivity index (χ2v) is 3.16. The third kappa shape index (κ3) is 1.72. The van der Waals surface area contributed by atoms with E-state index in [0.717, 1.165) is 0 Å². The Hall–Kier alpha value is -0.120. The summed E-state index contributed by atoms with van der Waals surface area (Å²) in [6, 6.07) is 0. The molecule has 1 aliphatic heterocycles. The Morgan fingerprint density at radius 1 is 1.45 bits per heavy atom. The molecule has 1 N–H and O–H groups in total. The predicted octanol–water partition coefficient (Wildman–Crippen LogP) is 0.417. The second-order valence-electron chi connectivity index (χ2n) is 3.16. The van der Waals surface area contributed by atoms with Crippen molar-refractivity contribution in [1.82, 2.24) is 0 Å². The van der Waals surface area contributed by atoms with Crippen LogP contribution in [0, 0.1) is 5.92 Å². The smallest absolute Gasteiger partial charge is 0.0855 e. The Morgan fingerprint density at radius 3 is 2.64 bits per heavy atom. The molecule has 1 heterocycles. The Balaban J connectivity index is 2.52. The van der Waals surface area contributed by atoms with Gasteiger partial charge in [-0.25, -0.2) is 0 Å². The monoisotopic (exact) mass is 160 g/mol. The molecule has 0 aromatic rings. The molecule has 0 aliphatic carbocycles. The van der Waals surface area contributed by atoms with Crippen molar-refractivity contribution in [3.8, 4) is 0 Å². The van der Waals surface area contributed by atoms with Gasteiger partial charge < -0.3 is 14.6 Å². The third-order valence-electron chi connectivity index (χ3n) is 2.43. The summed E-state index contributed by atoms with van der Waals surface area (Å²) in [5, 5.41) is 9.54. The minimum atomic E-state index is -0.395. The molecule has 0 radical (unpaired) electrons. The molecule has 0 unspecified atom stereocenters. The Morgan fingerprint density at radius 2 is 2.09 bits per heavy atom. The highest BCUT2D eigenvalue weighted by Gasteiger charge is 2.33. The van der Waals surface area contributed by atoms with Gasteiger partial charge in [-0.15, -0.1) is 0 Å². The van der Waals surface area contributed by atoms with E-state index >= 15 is 0 Å². The van der Waals surface area contributed by atoms with Crippen LogP contribution in [0.1, 0.15) is 13.8 Å². The van der Waals surface area contributed by atoms with Gasteiger partial charge in [0.25, 0.3) is 0 Å². The summed E-state index contributed by atoms with van der Waals surface area (Å²) in [5.41, 5.74) is 0. The first-order valence-electron chi connectivity index (χ1n) is 3.99. The van der Waals surface area contributed by atoms with E-state index in [4.69, 9.17) is 9.47 Å². The zero-order chi connectivity index (χ0) is 8.43. The number of aliphatic hydroxyl groups excluding tert-OH is 1. The summed E-state index contributed by atoms with van der Waals surface area (Å²) < 4.78 is 10.4. The van der Waals surface area contributed by atoms with Crippen molar-refractivity contribution in [1.29, 1.82) is 0 Å². The van der Waals surface area contributed by atoms with Gasteiger partial charge in [0.05, 0.1) is 24.9 Å². The Bertz CT molecular complexity index is 125. The summed E-state index contributed by atoms with van der Waals surface area (Å²) in [6.07, 6.45) is -0.411. The average molecular weight is 160 g/mol. The van der Waals surface area contributed by atoms with Crippen LogP contribution in [-0.2, 0) is 9.47 Å². The van der Waals surface area contributed by atoms with E-state index in [1.54, 1.807) is 7.11 Å². The highest BCUT2D eigenvalue weighted by atomic mass is 16.5. The topological polar surface area (TPSA) is 38.7 Å². The molecule has 0 aromatic carbocycles. The SMILES string of the molecule is CO[C@@H]1CO[C@@H](C)[C@H](O)[C@H]1C. The fourth-order valence-electron chi connectivity index (χ4n) is 1.43. The molecule has 11 heavy (non-hydrogen) atoms. The first-order chi connectivity index (χ1) is 5.16. The van der Waals surface area contributed by atoms with Gasteiger partial charge in [-0.05, 0) is 6.92 Å². The minimum absolute atomic E-state index is 0.0428. The maximum Gasteiger partial charge on any atom is 0.0855 e. The van der Waals surface area contributed by atoms with E-state index in [1.165, 1.54) is 0 Å². The van der Waals surface area contributed by atoms with Gasteiger partial charge in [-0.3, -0.25) is 0 Å². The van der Waals surface area contributed by atoms with E-state index in [-0.39, 0.29) is 18.1 Å². The van der Waals surface area contributed by atoms with Crippen molar-refractivity contribution >= 4 is 0 Å². The fourth-order valence-corrected chi connectivity index (χ4v) is 1.43. The van der Waals surface area contributed by atoms with Gasteiger partial charge in [0, 0.05) is 13.0 Å². The molecule has 0 amide bonds. The van der Waals surface area contributed by atoms with E-state index in [2.05, 4.69) is 0 Å². The van der Waals surface area contributed by atoms with Gasteiger partial charge in [0.2, 0.25) is 0 Å². The molecule has 0 bridgehead atoms. The van der Waals surface area contributed by atoms with Crippen LogP contribution in [0.2, 0.25) is 0 Å². The van der Waals surface area contributed by atoms with Crippen molar-refractivity contribution in [2.45, 2.75) is 32.2 Å². The molecule has 0 aromatic heterocycles. The molecular weight excluding hydrogens is 144 g/mol. The Labute approximate surface area is 67.3 Å². The van der Waals surface area contributed by atoms with Gasteiger partial charge in [-0.1, -0.05) is 6.92 Å². The molecule has 1 aliphatic rings. The van der Waals surface area contributed by atoms with Crippen molar-refractivity contribution in [3.05, 3.63) is 0 Å². The number of ether oxygens (including phenoxy) is 2. The summed E-state index contributed by atoms with van der Waals surface area (Å²) >= 11 is 0. The highest BCUT2D eigenvalue weighted by molar-refractivity contribution is 4.82. The summed E-state index contributed by atoms with van der Waals surface area (Å²) in [6.45, 7) is 4.46. The molecule has 0 spiro atoms. The number of rotatable bonds is 1. The first kappa shape index (κ1) is 8.97. The predicted molar refractivity (Wildman–Crippen MR) is 41.4 cm³/mol. The summed E-state index contributed by atoms with van der Waals surface area (Å²) in [4.78, 5) is 0. The maximum absolute atomic E-state index is 9.54. The quantitative estimate of drug-likeness (QED) is 0.604. The second kappa shape index (κ2) is 3.52. The molecule has 0 saturated carbocycles. The van der Waals surface area contributed by atoms with Crippen molar-refractivity contribution in [3.63, 3.8) is 0 Å². The van der Waals surface area contributed by atoms with Gasteiger partial charge in [0.15, 0.2) is 0 Å². The minimum Gasteiger partial charge on any atom is -0.390 e. The van der Waals surface area contributed by atoms with Gasteiger partial charge >= 0.3 is 0 Å². The lowest BCUT2D eigenvalue weighted by Gasteiger charge is -2.36. The molecule has 3 nitrogen and oxygen atoms in total. The molecule has 1 rings (SSSR count). The molecule has 3 heteroatoms. The van der Waals surface area contributed by atoms with Gasteiger partial charge in [-0.2, -0.15) is 0 Å². The molecular formula is C8H16O3. The number of hydrogen-bond donors (Lipinski definition) is 1. The zero-order valence-corrected chi connectivity index (χ0v) is 7.28. The highest BCUT2D eigenvalue weighted by Crippen LogP contribution is 2.22. The summed E-state index contributed by atoms with van der Waals surface area (Å²) in [5.74, 6) is 0.170. The first-order valence-corrected chi connectivity index (χ1v) is 3.99. The van der Waals surface area contributed by atoms with Crippen LogP contribution in [0.15, 0.2) is 0 Å². The average Bonchev–Trinajstić information content (AvgIpc) is 2.01. The lowest BCUT2D eigenvalue weighted by molar-refractivity contribution is -0.157. The Kier molecular flexibility index (Phi) is 2.87. The van der Waals surface area contributed by atoms with Crippen LogP contribution in [0.3, 0.4) is 0 Å². The van der Waals surface area contributed by atoms with Crippen LogP contribution < -0.4 is 0 Å². The largest absolute Gasteiger partial charge is 0.390 e.